The van der Waals surface area contributed by atoms with Crippen LogP contribution in [0.1, 0.15) is 15.3 Å². The molecule has 6 heteroatoms. The van der Waals surface area contributed by atoms with Crippen LogP contribution in [-0.4, -0.2) is 7.05 Å². The van der Waals surface area contributed by atoms with Crippen molar-refractivity contribution in [1.29, 1.82) is 0 Å². The first-order valence-corrected chi connectivity index (χ1v) is 6.83. The summed E-state index contributed by atoms with van der Waals surface area (Å²) in [4.78, 5) is 2.14. The molecule has 20 heavy (non-hydrogen) atoms. The van der Waals surface area contributed by atoms with Gasteiger partial charge in [0, 0.05) is 16.3 Å². The number of rotatable bonds is 5. The molecule has 108 valence electrons. The fourth-order valence-corrected chi connectivity index (χ4v) is 2.63. The van der Waals surface area contributed by atoms with Gasteiger partial charge in [-0.2, -0.15) is 13.2 Å². The normalized spacial score (nSPS) is 11.6. The highest BCUT2D eigenvalue weighted by molar-refractivity contribution is 7.11. The summed E-state index contributed by atoms with van der Waals surface area (Å²) in [7, 11) is 1.86. The van der Waals surface area contributed by atoms with Crippen LogP contribution in [-0.2, 0) is 19.3 Å². The molecule has 0 saturated carbocycles. The molecule has 0 fully saturated rings. The molecule has 0 aliphatic rings. The second kappa shape index (κ2) is 6.28. The van der Waals surface area contributed by atoms with Crippen LogP contribution in [0.25, 0.3) is 0 Å². The van der Waals surface area contributed by atoms with Gasteiger partial charge in [-0.05, 0) is 37.4 Å². The van der Waals surface area contributed by atoms with Crippen LogP contribution in [0.4, 0.5) is 13.2 Å². The van der Waals surface area contributed by atoms with E-state index in [1.54, 1.807) is 11.3 Å². The molecular formula is C14H14F3NOS. The standard InChI is InChI=1S/C14H14F3NOS/c1-18-8-12-5-6-13(20-12)9-19-11-4-2-3-10(7-11)14(15,16)17/h2-7,18H,8-9H2,1H3. The lowest BCUT2D eigenvalue weighted by atomic mass is 10.2. The Morgan fingerprint density at radius 1 is 1.15 bits per heavy atom. The second-order valence-electron chi connectivity index (χ2n) is 4.21. The zero-order valence-electron chi connectivity index (χ0n) is 10.8. The number of benzene rings is 1. The van der Waals surface area contributed by atoms with Gasteiger partial charge < -0.3 is 10.1 Å². The van der Waals surface area contributed by atoms with Crippen molar-refractivity contribution in [3.05, 3.63) is 51.7 Å². The number of hydrogen-bond donors (Lipinski definition) is 1. The lowest BCUT2D eigenvalue weighted by Gasteiger charge is -2.09. The van der Waals surface area contributed by atoms with Gasteiger partial charge in [-0.3, -0.25) is 0 Å². The topological polar surface area (TPSA) is 21.3 Å². The van der Waals surface area contributed by atoms with E-state index >= 15 is 0 Å². The largest absolute Gasteiger partial charge is 0.488 e. The average molecular weight is 301 g/mol. The Morgan fingerprint density at radius 2 is 1.90 bits per heavy atom. The first-order valence-electron chi connectivity index (χ1n) is 6.01. The first-order chi connectivity index (χ1) is 9.49. The summed E-state index contributed by atoms with van der Waals surface area (Å²) in [6, 6.07) is 8.82. The van der Waals surface area contributed by atoms with Crippen molar-refractivity contribution >= 4 is 11.3 Å². The molecule has 0 spiro atoms. The van der Waals surface area contributed by atoms with Crippen LogP contribution in [0.3, 0.4) is 0 Å². The SMILES string of the molecule is CNCc1ccc(COc2cccc(C(F)(F)F)c2)s1. The quantitative estimate of drug-likeness (QED) is 0.899. The molecular weight excluding hydrogens is 287 g/mol. The Balaban J connectivity index is 1.99. The van der Waals surface area contributed by atoms with Gasteiger partial charge >= 0.3 is 6.18 Å². The number of thiophene rings is 1. The van der Waals surface area contributed by atoms with E-state index in [-0.39, 0.29) is 12.4 Å². The molecule has 0 aliphatic carbocycles. The summed E-state index contributed by atoms with van der Waals surface area (Å²) in [5.74, 6) is 0.225. The van der Waals surface area contributed by atoms with Crippen molar-refractivity contribution in [2.45, 2.75) is 19.3 Å². The highest BCUT2D eigenvalue weighted by Crippen LogP contribution is 2.31. The Morgan fingerprint density at radius 3 is 2.60 bits per heavy atom. The fourth-order valence-electron chi connectivity index (χ4n) is 1.69. The van der Waals surface area contributed by atoms with Crippen molar-refractivity contribution < 1.29 is 17.9 Å². The lowest BCUT2D eigenvalue weighted by molar-refractivity contribution is -0.137. The molecule has 1 heterocycles. The smallest absolute Gasteiger partial charge is 0.416 e. The molecule has 0 unspecified atom stereocenters. The van der Waals surface area contributed by atoms with Crippen molar-refractivity contribution in [3.8, 4) is 5.75 Å². The Hall–Kier alpha value is -1.53. The molecule has 0 atom stereocenters. The Bertz CT molecular complexity index is 566. The number of ether oxygens (including phenoxy) is 1. The molecule has 0 amide bonds. The number of halogens is 3. The third-order valence-electron chi connectivity index (χ3n) is 2.61. The van der Waals surface area contributed by atoms with Crippen molar-refractivity contribution in [2.24, 2.45) is 0 Å². The minimum atomic E-state index is -4.34. The summed E-state index contributed by atoms with van der Waals surface area (Å²) < 4.78 is 43.1. The molecule has 1 N–H and O–H groups in total. The van der Waals surface area contributed by atoms with Gasteiger partial charge in [0.15, 0.2) is 0 Å². The second-order valence-corrected chi connectivity index (χ2v) is 5.47. The molecule has 2 rings (SSSR count). The van der Waals surface area contributed by atoms with Gasteiger partial charge in [0.1, 0.15) is 12.4 Å². The third-order valence-corrected chi connectivity index (χ3v) is 3.67. The van der Waals surface area contributed by atoms with E-state index in [1.807, 2.05) is 19.2 Å². The maximum atomic E-state index is 12.6. The minimum absolute atomic E-state index is 0.225. The lowest BCUT2D eigenvalue weighted by Crippen LogP contribution is -2.05. The monoisotopic (exact) mass is 301 g/mol. The number of alkyl halides is 3. The fraction of sp³-hybridized carbons (Fsp3) is 0.286. The average Bonchev–Trinajstić information content (AvgIpc) is 2.84. The molecule has 0 saturated heterocycles. The maximum absolute atomic E-state index is 12.6. The van der Waals surface area contributed by atoms with Gasteiger partial charge in [-0.15, -0.1) is 11.3 Å². The molecule has 1 aromatic heterocycles. The molecule has 2 aromatic rings. The van der Waals surface area contributed by atoms with Gasteiger partial charge in [0.2, 0.25) is 0 Å². The van der Waals surface area contributed by atoms with E-state index < -0.39 is 11.7 Å². The molecule has 0 aliphatic heterocycles. The molecule has 0 radical (unpaired) electrons. The minimum Gasteiger partial charge on any atom is -0.488 e. The Kier molecular flexibility index (Phi) is 4.67. The van der Waals surface area contributed by atoms with Crippen LogP contribution in [0.15, 0.2) is 36.4 Å². The van der Waals surface area contributed by atoms with Crippen LogP contribution in [0.2, 0.25) is 0 Å². The number of hydrogen-bond acceptors (Lipinski definition) is 3. The Labute approximate surface area is 119 Å². The van der Waals surface area contributed by atoms with E-state index in [0.717, 1.165) is 28.4 Å². The molecule has 2 nitrogen and oxygen atoms in total. The van der Waals surface area contributed by atoms with Gasteiger partial charge in [0.25, 0.3) is 0 Å². The predicted molar refractivity (Wildman–Crippen MR) is 72.9 cm³/mol. The highest BCUT2D eigenvalue weighted by atomic mass is 32.1. The zero-order chi connectivity index (χ0) is 14.6. The van der Waals surface area contributed by atoms with E-state index in [2.05, 4.69) is 5.32 Å². The highest BCUT2D eigenvalue weighted by Gasteiger charge is 2.30. The summed E-state index contributed by atoms with van der Waals surface area (Å²) in [6.07, 6.45) is -4.34. The third kappa shape index (κ3) is 3.98. The molecule has 1 aromatic carbocycles. The first kappa shape index (κ1) is 14.9. The van der Waals surface area contributed by atoms with E-state index in [1.165, 1.54) is 12.1 Å². The van der Waals surface area contributed by atoms with Gasteiger partial charge in [0.05, 0.1) is 5.56 Å². The van der Waals surface area contributed by atoms with Crippen LogP contribution < -0.4 is 10.1 Å². The predicted octanol–water partition coefficient (Wildman–Crippen LogP) is 4.07. The summed E-state index contributed by atoms with van der Waals surface area (Å²) >= 11 is 1.58. The van der Waals surface area contributed by atoms with Crippen molar-refractivity contribution in [3.63, 3.8) is 0 Å². The maximum Gasteiger partial charge on any atom is 0.416 e. The summed E-state index contributed by atoms with van der Waals surface area (Å²) in [5, 5.41) is 3.04. The summed E-state index contributed by atoms with van der Waals surface area (Å²) in [6.45, 7) is 1.05. The summed E-state index contributed by atoms with van der Waals surface area (Å²) in [5.41, 5.74) is -0.697. The van der Waals surface area contributed by atoms with E-state index in [4.69, 9.17) is 4.74 Å². The van der Waals surface area contributed by atoms with Crippen molar-refractivity contribution in [2.75, 3.05) is 7.05 Å². The van der Waals surface area contributed by atoms with Crippen LogP contribution in [0, 0.1) is 0 Å². The number of nitrogens with one attached hydrogen (secondary N) is 1. The van der Waals surface area contributed by atoms with Crippen molar-refractivity contribution in [1.82, 2.24) is 5.32 Å². The van der Waals surface area contributed by atoms with E-state index in [0.29, 0.717) is 0 Å². The van der Waals surface area contributed by atoms with Crippen LogP contribution in [0.5, 0.6) is 5.75 Å². The van der Waals surface area contributed by atoms with Gasteiger partial charge in [-0.1, -0.05) is 6.07 Å². The zero-order valence-corrected chi connectivity index (χ0v) is 11.6. The van der Waals surface area contributed by atoms with Gasteiger partial charge in [-0.25, -0.2) is 0 Å². The molecule has 0 bridgehead atoms. The van der Waals surface area contributed by atoms with E-state index in [9.17, 15) is 13.2 Å². The van der Waals surface area contributed by atoms with Crippen LogP contribution >= 0.6 is 11.3 Å².